The van der Waals surface area contributed by atoms with Crippen LogP contribution < -0.4 is 4.90 Å². The van der Waals surface area contributed by atoms with Crippen molar-refractivity contribution in [1.82, 2.24) is 4.90 Å². The number of anilines is 1. The SMILES string of the molecule is COCCc1ccccc1N1CCCN2CCCC2C1. The first kappa shape index (κ1) is 13.9. The predicted octanol–water partition coefficient (Wildman–Crippen LogP) is 2.55. The summed E-state index contributed by atoms with van der Waals surface area (Å²) in [6, 6.07) is 9.63. The van der Waals surface area contributed by atoms with Gasteiger partial charge in [0.1, 0.15) is 0 Å². The number of benzene rings is 1. The zero-order chi connectivity index (χ0) is 13.8. The second kappa shape index (κ2) is 6.59. The summed E-state index contributed by atoms with van der Waals surface area (Å²) in [7, 11) is 1.78. The summed E-state index contributed by atoms with van der Waals surface area (Å²) < 4.78 is 5.26. The van der Waals surface area contributed by atoms with E-state index in [2.05, 4.69) is 34.1 Å². The minimum absolute atomic E-state index is 0.771. The van der Waals surface area contributed by atoms with Crippen molar-refractivity contribution in [2.24, 2.45) is 0 Å². The quantitative estimate of drug-likeness (QED) is 0.839. The van der Waals surface area contributed by atoms with Crippen molar-refractivity contribution in [1.29, 1.82) is 0 Å². The van der Waals surface area contributed by atoms with Crippen molar-refractivity contribution in [3.05, 3.63) is 29.8 Å². The lowest BCUT2D eigenvalue weighted by atomic mass is 10.1. The van der Waals surface area contributed by atoms with Gasteiger partial charge in [-0.25, -0.2) is 0 Å². The third-order valence-electron chi connectivity index (χ3n) is 4.71. The van der Waals surface area contributed by atoms with Crippen LogP contribution in [0.4, 0.5) is 5.69 Å². The Morgan fingerprint density at radius 1 is 1.15 bits per heavy atom. The van der Waals surface area contributed by atoms with Gasteiger partial charge in [0.05, 0.1) is 6.61 Å². The summed E-state index contributed by atoms with van der Waals surface area (Å²) in [5.41, 5.74) is 2.86. The molecule has 2 aliphatic heterocycles. The van der Waals surface area contributed by atoms with Crippen molar-refractivity contribution < 1.29 is 4.74 Å². The second-order valence-corrected chi connectivity index (χ2v) is 6.00. The maximum atomic E-state index is 5.26. The maximum absolute atomic E-state index is 5.26. The van der Waals surface area contributed by atoms with E-state index in [4.69, 9.17) is 4.74 Å². The molecule has 2 aliphatic rings. The number of fused-ring (bicyclic) bond motifs is 1. The number of rotatable bonds is 4. The third-order valence-corrected chi connectivity index (χ3v) is 4.71. The number of methoxy groups -OCH3 is 1. The fourth-order valence-electron chi connectivity index (χ4n) is 3.67. The molecule has 0 radical (unpaired) electrons. The van der Waals surface area contributed by atoms with Crippen LogP contribution in [0, 0.1) is 0 Å². The second-order valence-electron chi connectivity index (χ2n) is 6.00. The highest BCUT2D eigenvalue weighted by molar-refractivity contribution is 5.54. The average Bonchev–Trinajstić information content (AvgIpc) is 2.82. The van der Waals surface area contributed by atoms with Gasteiger partial charge in [-0.05, 0) is 43.9 Å². The van der Waals surface area contributed by atoms with E-state index in [1.54, 1.807) is 7.11 Å². The van der Waals surface area contributed by atoms with E-state index in [-0.39, 0.29) is 0 Å². The molecular weight excluding hydrogens is 248 g/mol. The molecule has 3 rings (SSSR count). The monoisotopic (exact) mass is 274 g/mol. The zero-order valence-corrected chi connectivity index (χ0v) is 12.6. The standard InChI is InChI=1S/C17H26N2O/c1-20-13-9-15-6-2-3-8-17(15)19-12-5-11-18-10-4-7-16(18)14-19/h2-3,6,8,16H,4-5,7,9-14H2,1H3. The Bertz CT molecular complexity index is 435. The van der Waals surface area contributed by atoms with E-state index in [1.165, 1.54) is 56.7 Å². The van der Waals surface area contributed by atoms with Crippen molar-refractivity contribution in [2.75, 3.05) is 44.8 Å². The first-order valence-corrected chi connectivity index (χ1v) is 7.94. The molecule has 1 unspecified atom stereocenters. The maximum Gasteiger partial charge on any atom is 0.0503 e. The molecule has 0 amide bonds. The van der Waals surface area contributed by atoms with Gasteiger partial charge in [-0.3, -0.25) is 4.90 Å². The van der Waals surface area contributed by atoms with Crippen molar-refractivity contribution in [3.63, 3.8) is 0 Å². The van der Waals surface area contributed by atoms with Gasteiger partial charge in [0.2, 0.25) is 0 Å². The van der Waals surface area contributed by atoms with Gasteiger partial charge in [0.25, 0.3) is 0 Å². The summed E-state index contributed by atoms with van der Waals surface area (Å²) >= 11 is 0. The number of hydrogen-bond acceptors (Lipinski definition) is 3. The van der Waals surface area contributed by atoms with Gasteiger partial charge < -0.3 is 9.64 Å². The molecule has 0 saturated carbocycles. The normalized spacial score (nSPS) is 23.6. The lowest BCUT2D eigenvalue weighted by Crippen LogP contribution is -2.37. The van der Waals surface area contributed by atoms with E-state index >= 15 is 0 Å². The van der Waals surface area contributed by atoms with Crippen LogP contribution in [0.3, 0.4) is 0 Å². The number of hydrogen-bond donors (Lipinski definition) is 0. The van der Waals surface area contributed by atoms with E-state index in [1.807, 2.05) is 0 Å². The van der Waals surface area contributed by atoms with Gasteiger partial charge in [0.15, 0.2) is 0 Å². The highest BCUT2D eigenvalue weighted by atomic mass is 16.5. The molecule has 1 aromatic rings. The predicted molar refractivity (Wildman–Crippen MR) is 83.4 cm³/mol. The minimum atomic E-state index is 0.771. The lowest BCUT2D eigenvalue weighted by molar-refractivity contribution is 0.202. The van der Waals surface area contributed by atoms with Crippen LogP contribution >= 0.6 is 0 Å². The minimum Gasteiger partial charge on any atom is -0.384 e. The molecule has 0 aromatic heterocycles. The Hall–Kier alpha value is -1.06. The zero-order valence-electron chi connectivity index (χ0n) is 12.6. The summed E-state index contributed by atoms with van der Waals surface area (Å²) in [6.45, 7) is 5.78. The van der Waals surface area contributed by atoms with Gasteiger partial charge >= 0.3 is 0 Å². The molecule has 0 spiro atoms. The van der Waals surface area contributed by atoms with Gasteiger partial charge in [-0.1, -0.05) is 18.2 Å². The van der Waals surface area contributed by atoms with Crippen molar-refractivity contribution >= 4 is 5.69 Å². The molecule has 20 heavy (non-hydrogen) atoms. The molecule has 110 valence electrons. The fraction of sp³-hybridized carbons (Fsp3) is 0.647. The van der Waals surface area contributed by atoms with Crippen LogP contribution in [0.1, 0.15) is 24.8 Å². The molecule has 3 heteroatoms. The van der Waals surface area contributed by atoms with Crippen LogP contribution in [-0.2, 0) is 11.2 Å². The molecule has 1 atom stereocenters. The Labute approximate surface area is 122 Å². The summed E-state index contributed by atoms with van der Waals surface area (Å²) in [6.07, 6.45) is 5.05. The Balaban J connectivity index is 1.77. The summed E-state index contributed by atoms with van der Waals surface area (Å²) in [5, 5.41) is 0. The van der Waals surface area contributed by atoms with Crippen molar-refractivity contribution in [3.8, 4) is 0 Å². The Kier molecular flexibility index (Phi) is 4.58. The van der Waals surface area contributed by atoms with Crippen LogP contribution in [0.25, 0.3) is 0 Å². The molecule has 0 N–H and O–H groups in total. The highest BCUT2D eigenvalue weighted by Gasteiger charge is 2.29. The van der Waals surface area contributed by atoms with E-state index in [9.17, 15) is 0 Å². The molecule has 3 nitrogen and oxygen atoms in total. The molecule has 2 heterocycles. The fourth-order valence-corrected chi connectivity index (χ4v) is 3.67. The van der Waals surface area contributed by atoms with Gasteiger partial charge in [-0.2, -0.15) is 0 Å². The summed E-state index contributed by atoms with van der Waals surface area (Å²) in [4.78, 5) is 5.30. The molecule has 2 fully saturated rings. The number of nitrogens with zero attached hydrogens (tertiary/aromatic N) is 2. The third kappa shape index (κ3) is 2.99. The number of ether oxygens (including phenoxy) is 1. The first-order valence-electron chi connectivity index (χ1n) is 7.94. The summed E-state index contributed by atoms with van der Waals surface area (Å²) in [5.74, 6) is 0. The van der Waals surface area contributed by atoms with E-state index in [0.29, 0.717) is 0 Å². The lowest BCUT2D eigenvalue weighted by Gasteiger charge is -2.29. The topological polar surface area (TPSA) is 15.7 Å². The molecule has 1 aromatic carbocycles. The Morgan fingerprint density at radius 2 is 2.00 bits per heavy atom. The van der Waals surface area contributed by atoms with Crippen LogP contribution in [0.2, 0.25) is 0 Å². The first-order chi connectivity index (χ1) is 9.88. The molecule has 0 bridgehead atoms. The number of para-hydroxylation sites is 1. The van der Waals surface area contributed by atoms with E-state index < -0.39 is 0 Å². The average molecular weight is 274 g/mol. The van der Waals surface area contributed by atoms with Crippen LogP contribution in [-0.4, -0.2) is 50.8 Å². The molecule has 0 aliphatic carbocycles. The largest absolute Gasteiger partial charge is 0.384 e. The molecular formula is C17H26N2O. The van der Waals surface area contributed by atoms with Crippen LogP contribution in [0.5, 0.6) is 0 Å². The van der Waals surface area contributed by atoms with Crippen LogP contribution in [0.15, 0.2) is 24.3 Å². The molecule has 2 saturated heterocycles. The Morgan fingerprint density at radius 3 is 2.90 bits per heavy atom. The van der Waals surface area contributed by atoms with Gasteiger partial charge in [-0.15, -0.1) is 0 Å². The highest BCUT2D eigenvalue weighted by Crippen LogP contribution is 2.27. The van der Waals surface area contributed by atoms with E-state index in [0.717, 1.165) is 19.1 Å². The van der Waals surface area contributed by atoms with Gasteiger partial charge in [0, 0.05) is 38.5 Å². The smallest absolute Gasteiger partial charge is 0.0503 e. The van der Waals surface area contributed by atoms with Crippen molar-refractivity contribution in [2.45, 2.75) is 31.7 Å².